The molecule has 0 saturated carbocycles. The van der Waals surface area contributed by atoms with Gasteiger partial charge in [-0.1, -0.05) is 59.3 Å². The van der Waals surface area contributed by atoms with Crippen LogP contribution in [0.25, 0.3) is 22.3 Å². The molecule has 0 fully saturated rings. The van der Waals surface area contributed by atoms with Gasteiger partial charge in [-0.15, -0.1) is 4.73 Å². The van der Waals surface area contributed by atoms with Gasteiger partial charge in [0, 0.05) is 10.0 Å². The lowest BCUT2D eigenvalue weighted by molar-refractivity contribution is 0.0449. The number of nitrogens with zero attached hydrogens (tertiary/aromatic N) is 2. The molecule has 1 heterocycles. The minimum atomic E-state index is -0.620. The smallest absolute Gasteiger partial charge is 0.326 e. The Kier molecular flexibility index (Phi) is 5.27. The van der Waals surface area contributed by atoms with Crippen LogP contribution in [0.2, 0.25) is 0 Å². The molecule has 5 nitrogen and oxygen atoms in total. The van der Waals surface area contributed by atoms with Gasteiger partial charge < -0.3 is 4.84 Å². The average molecular weight is 449 g/mol. The fourth-order valence-corrected chi connectivity index (χ4v) is 3.26. The maximum absolute atomic E-state index is 13.1. The summed E-state index contributed by atoms with van der Waals surface area (Å²) in [6.45, 7) is 2.04. The van der Waals surface area contributed by atoms with Crippen molar-refractivity contribution in [2.45, 2.75) is 13.3 Å². The number of aryl methyl sites for hydroxylation is 1. The lowest BCUT2D eigenvalue weighted by atomic mass is 10.1. The number of aromatic nitrogens is 2. The first-order chi connectivity index (χ1) is 14.1. The van der Waals surface area contributed by atoms with Gasteiger partial charge in [0.05, 0.1) is 16.5 Å². The van der Waals surface area contributed by atoms with E-state index in [9.17, 15) is 9.59 Å². The van der Waals surface area contributed by atoms with E-state index in [2.05, 4.69) is 20.9 Å². The molecular formula is C23H17BrN2O3. The third-order valence-corrected chi connectivity index (χ3v) is 5.14. The van der Waals surface area contributed by atoms with Crippen molar-refractivity contribution >= 4 is 32.8 Å². The highest BCUT2D eigenvalue weighted by atomic mass is 79.9. The largest absolute Gasteiger partial charge is 0.363 e. The quantitative estimate of drug-likeness (QED) is 0.455. The van der Waals surface area contributed by atoms with Gasteiger partial charge in [0.1, 0.15) is 0 Å². The average Bonchev–Trinajstić information content (AvgIpc) is 2.76. The van der Waals surface area contributed by atoms with Crippen molar-refractivity contribution in [1.29, 1.82) is 0 Å². The number of carbonyl (C=O) groups excluding carboxylic acids is 1. The van der Waals surface area contributed by atoms with Crippen LogP contribution in [-0.2, 0) is 6.42 Å². The molecule has 0 atom stereocenters. The van der Waals surface area contributed by atoms with Crippen molar-refractivity contribution in [3.63, 3.8) is 0 Å². The molecule has 1 aromatic heterocycles. The Hall–Kier alpha value is -3.25. The van der Waals surface area contributed by atoms with Crippen LogP contribution in [0, 0.1) is 0 Å². The molecule has 0 radical (unpaired) electrons. The Labute approximate surface area is 175 Å². The van der Waals surface area contributed by atoms with Crippen LogP contribution >= 0.6 is 15.9 Å². The van der Waals surface area contributed by atoms with Crippen molar-refractivity contribution in [1.82, 2.24) is 9.71 Å². The van der Waals surface area contributed by atoms with Gasteiger partial charge in [-0.05, 0) is 48.4 Å². The SMILES string of the molecule is CCc1ccc(C(=O)On2c(-c3ccc(Br)cc3)nc3ccccc3c2=O)cc1. The second-order valence-electron chi connectivity index (χ2n) is 6.49. The molecule has 0 unspecified atom stereocenters. The molecule has 0 aliphatic heterocycles. The predicted molar refractivity (Wildman–Crippen MR) is 116 cm³/mol. The molecule has 4 aromatic rings. The molecule has 3 aromatic carbocycles. The number of halogens is 1. The Balaban J connectivity index is 1.83. The van der Waals surface area contributed by atoms with E-state index in [1.54, 1.807) is 42.5 Å². The number of fused-ring (bicyclic) bond motifs is 1. The lowest BCUT2D eigenvalue weighted by Gasteiger charge is -2.13. The van der Waals surface area contributed by atoms with Crippen molar-refractivity contribution in [3.8, 4) is 11.4 Å². The summed E-state index contributed by atoms with van der Waals surface area (Å²) in [7, 11) is 0. The third-order valence-electron chi connectivity index (χ3n) is 4.61. The standard InChI is InChI=1S/C23H17BrN2O3/c1-2-15-7-9-17(10-8-15)23(28)29-26-21(16-11-13-18(24)14-12-16)25-20-6-4-3-5-19(20)22(26)27/h3-14H,2H2,1H3. The highest BCUT2D eigenvalue weighted by Crippen LogP contribution is 2.21. The molecule has 0 saturated heterocycles. The topological polar surface area (TPSA) is 61.2 Å². The van der Waals surface area contributed by atoms with E-state index in [-0.39, 0.29) is 5.82 Å². The van der Waals surface area contributed by atoms with E-state index in [1.165, 1.54) is 0 Å². The summed E-state index contributed by atoms with van der Waals surface area (Å²) < 4.78 is 1.87. The lowest BCUT2D eigenvalue weighted by Crippen LogP contribution is -2.33. The summed E-state index contributed by atoms with van der Waals surface area (Å²) in [5, 5.41) is 0.377. The van der Waals surface area contributed by atoms with Gasteiger partial charge in [0.2, 0.25) is 0 Å². The zero-order chi connectivity index (χ0) is 20.4. The zero-order valence-electron chi connectivity index (χ0n) is 15.6. The molecule has 144 valence electrons. The van der Waals surface area contributed by atoms with Crippen molar-refractivity contribution in [3.05, 3.63) is 98.7 Å². The van der Waals surface area contributed by atoms with Gasteiger partial charge in [0.25, 0.3) is 5.56 Å². The van der Waals surface area contributed by atoms with Gasteiger partial charge in [-0.3, -0.25) is 4.79 Å². The number of benzene rings is 3. The van der Waals surface area contributed by atoms with Crippen molar-refractivity contribution < 1.29 is 9.63 Å². The van der Waals surface area contributed by atoms with E-state index in [4.69, 9.17) is 4.84 Å². The third kappa shape index (κ3) is 3.84. The van der Waals surface area contributed by atoms with Gasteiger partial charge in [0.15, 0.2) is 5.82 Å². The van der Waals surface area contributed by atoms with E-state index in [1.807, 2.05) is 37.3 Å². The van der Waals surface area contributed by atoms with Gasteiger partial charge in [-0.25, -0.2) is 9.78 Å². The van der Waals surface area contributed by atoms with Crippen LogP contribution in [0.1, 0.15) is 22.8 Å². The first kappa shape index (κ1) is 19.1. The normalized spacial score (nSPS) is 10.8. The van der Waals surface area contributed by atoms with Crippen LogP contribution in [0.5, 0.6) is 0 Å². The van der Waals surface area contributed by atoms with E-state index >= 15 is 0 Å². The molecule has 0 aliphatic carbocycles. The Morgan fingerprint density at radius 3 is 2.38 bits per heavy atom. The molecule has 0 spiro atoms. The maximum Gasteiger partial charge on any atom is 0.363 e. The van der Waals surface area contributed by atoms with Crippen LogP contribution in [-0.4, -0.2) is 15.7 Å². The number of carbonyl (C=O) groups is 1. The summed E-state index contributed by atoms with van der Waals surface area (Å²) in [5.41, 5.74) is 2.23. The number of hydrogen-bond donors (Lipinski definition) is 0. The fraction of sp³-hybridized carbons (Fsp3) is 0.0870. The first-order valence-electron chi connectivity index (χ1n) is 9.16. The maximum atomic E-state index is 13.1. The second kappa shape index (κ2) is 8.01. The highest BCUT2D eigenvalue weighted by molar-refractivity contribution is 9.10. The van der Waals surface area contributed by atoms with E-state index in [0.717, 1.165) is 21.2 Å². The molecular weight excluding hydrogens is 432 g/mol. The predicted octanol–water partition coefficient (Wildman–Crippen LogP) is 4.66. The number of rotatable bonds is 4. The zero-order valence-corrected chi connectivity index (χ0v) is 17.2. The molecule has 0 aliphatic rings. The molecule has 0 amide bonds. The molecule has 6 heteroatoms. The minimum absolute atomic E-state index is 0.264. The number of para-hydroxylation sites is 1. The van der Waals surface area contributed by atoms with Gasteiger partial charge >= 0.3 is 5.97 Å². The van der Waals surface area contributed by atoms with Crippen LogP contribution in [0.4, 0.5) is 0 Å². The summed E-state index contributed by atoms with van der Waals surface area (Å²) in [6.07, 6.45) is 0.872. The van der Waals surface area contributed by atoms with E-state index in [0.29, 0.717) is 22.0 Å². The van der Waals surface area contributed by atoms with Crippen LogP contribution in [0.15, 0.2) is 82.1 Å². The van der Waals surface area contributed by atoms with Crippen LogP contribution in [0.3, 0.4) is 0 Å². The summed E-state index contributed by atoms with van der Waals surface area (Å²) in [5.74, 6) is -0.357. The minimum Gasteiger partial charge on any atom is -0.326 e. The molecule has 29 heavy (non-hydrogen) atoms. The molecule has 0 N–H and O–H groups in total. The van der Waals surface area contributed by atoms with Crippen molar-refractivity contribution in [2.24, 2.45) is 0 Å². The Bertz CT molecular complexity index is 1250. The van der Waals surface area contributed by atoms with Crippen molar-refractivity contribution in [2.75, 3.05) is 0 Å². The summed E-state index contributed by atoms with van der Waals surface area (Å²) >= 11 is 3.40. The monoisotopic (exact) mass is 448 g/mol. The van der Waals surface area contributed by atoms with E-state index < -0.39 is 11.5 Å². The molecule has 4 rings (SSSR count). The second-order valence-corrected chi connectivity index (χ2v) is 7.40. The Morgan fingerprint density at radius 1 is 1.00 bits per heavy atom. The van der Waals surface area contributed by atoms with Crippen LogP contribution < -0.4 is 10.4 Å². The Morgan fingerprint density at radius 2 is 1.69 bits per heavy atom. The molecule has 0 bridgehead atoms. The van der Waals surface area contributed by atoms with Gasteiger partial charge in [-0.2, -0.15) is 0 Å². The summed E-state index contributed by atoms with van der Waals surface area (Å²) in [4.78, 5) is 35.9. The number of hydrogen-bond acceptors (Lipinski definition) is 4. The fourth-order valence-electron chi connectivity index (χ4n) is 2.99. The first-order valence-corrected chi connectivity index (χ1v) is 9.95. The highest BCUT2D eigenvalue weighted by Gasteiger charge is 2.18. The summed E-state index contributed by atoms with van der Waals surface area (Å²) in [6, 6.07) is 21.4.